The number of hydrogen-bond donors (Lipinski definition) is 2. The van der Waals surface area contributed by atoms with Gasteiger partial charge in [-0.05, 0) is 12.8 Å². The van der Waals surface area contributed by atoms with Gasteiger partial charge in [-0.3, -0.25) is 4.79 Å². The van der Waals surface area contributed by atoms with E-state index in [1.807, 2.05) is 6.07 Å². The Bertz CT molecular complexity index is 527. The van der Waals surface area contributed by atoms with Crippen LogP contribution in [0.1, 0.15) is 28.1 Å². The van der Waals surface area contributed by atoms with Crippen molar-refractivity contribution in [2.45, 2.75) is 18.9 Å². The summed E-state index contributed by atoms with van der Waals surface area (Å²) >= 11 is 1.23. The number of methoxy groups -OCH3 is 1. The van der Waals surface area contributed by atoms with Gasteiger partial charge in [-0.2, -0.15) is 5.26 Å². The molecule has 0 unspecified atom stereocenters. The minimum atomic E-state index is -0.584. The topological polar surface area (TPSA) is 105 Å². The van der Waals surface area contributed by atoms with Crippen LogP contribution in [0.5, 0.6) is 0 Å². The molecule has 102 valence electrons. The average molecular weight is 280 g/mol. The molecular formula is C12H16N4O2S. The molecule has 1 aliphatic rings. The number of anilines is 2. The summed E-state index contributed by atoms with van der Waals surface area (Å²) in [5.74, 6) is -0.584. The monoisotopic (exact) mass is 280 g/mol. The number of nitrogens with zero attached hydrogens (tertiary/aromatic N) is 2. The number of piperidine rings is 1. The van der Waals surface area contributed by atoms with Crippen LogP contribution in [0.3, 0.4) is 0 Å². The highest BCUT2D eigenvalue weighted by atomic mass is 32.1. The molecule has 2 heterocycles. The van der Waals surface area contributed by atoms with Crippen molar-refractivity contribution in [3.63, 3.8) is 0 Å². The number of primary amides is 1. The summed E-state index contributed by atoms with van der Waals surface area (Å²) in [7, 11) is 1.70. The maximum Gasteiger partial charge on any atom is 0.253 e. The smallest absolute Gasteiger partial charge is 0.253 e. The zero-order valence-corrected chi connectivity index (χ0v) is 11.5. The number of carbonyl (C=O) groups is 1. The average Bonchev–Trinajstić information content (AvgIpc) is 2.76. The Morgan fingerprint density at radius 3 is 2.63 bits per heavy atom. The van der Waals surface area contributed by atoms with Crippen LogP contribution in [0.25, 0.3) is 0 Å². The van der Waals surface area contributed by atoms with Crippen molar-refractivity contribution in [3.05, 3.63) is 10.4 Å². The molecule has 1 fully saturated rings. The van der Waals surface area contributed by atoms with E-state index in [9.17, 15) is 4.79 Å². The van der Waals surface area contributed by atoms with Crippen LogP contribution in [-0.2, 0) is 4.74 Å². The lowest BCUT2D eigenvalue weighted by Gasteiger charge is -2.32. The molecule has 0 aliphatic carbocycles. The van der Waals surface area contributed by atoms with E-state index >= 15 is 0 Å². The van der Waals surface area contributed by atoms with Gasteiger partial charge in [-0.15, -0.1) is 11.3 Å². The molecule has 1 amide bonds. The standard InChI is InChI=1S/C12H16N4O2S/c1-18-7-2-4-16(5-3-7)12-9(11(15)17)10(14)8(6-13)19-12/h7H,2-5,14H2,1H3,(H2,15,17). The zero-order chi connectivity index (χ0) is 14.0. The van der Waals surface area contributed by atoms with Crippen molar-refractivity contribution in [1.82, 2.24) is 0 Å². The SMILES string of the molecule is COC1CCN(c2sc(C#N)c(N)c2C(N)=O)CC1. The first-order chi connectivity index (χ1) is 9.08. The minimum Gasteiger partial charge on any atom is -0.396 e. The summed E-state index contributed by atoms with van der Waals surface area (Å²) in [6.07, 6.45) is 2.02. The Kier molecular flexibility index (Phi) is 3.93. The Morgan fingerprint density at radius 2 is 2.16 bits per heavy atom. The summed E-state index contributed by atoms with van der Waals surface area (Å²) in [5, 5.41) is 9.71. The van der Waals surface area contributed by atoms with E-state index in [1.165, 1.54) is 11.3 Å². The third-order valence-corrected chi connectivity index (χ3v) is 4.51. The lowest BCUT2D eigenvalue weighted by Crippen LogP contribution is -2.37. The molecule has 6 nitrogen and oxygen atoms in total. The molecule has 0 radical (unpaired) electrons. The molecule has 1 aliphatic heterocycles. The second-order valence-electron chi connectivity index (χ2n) is 4.42. The Balaban J connectivity index is 2.30. The van der Waals surface area contributed by atoms with Gasteiger partial charge in [-0.25, -0.2) is 0 Å². The lowest BCUT2D eigenvalue weighted by atomic mass is 10.1. The molecule has 1 saturated heterocycles. The van der Waals surface area contributed by atoms with Crippen molar-refractivity contribution in [1.29, 1.82) is 5.26 Å². The Hall–Kier alpha value is -1.78. The molecule has 0 aromatic carbocycles. The van der Waals surface area contributed by atoms with Gasteiger partial charge in [0.15, 0.2) is 0 Å². The van der Waals surface area contributed by atoms with Gasteiger partial charge < -0.3 is 21.1 Å². The van der Waals surface area contributed by atoms with E-state index in [4.69, 9.17) is 21.5 Å². The summed E-state index contributed by atoms with van der Waals surface area (Å²) in [6, 6.07) is 2.00. The maximum atomic E-state index is 11.5. The number of ether oxygens (including phenoxy) is 1. The lowest BCUT2D eigenvalue weighted by molar-refractivity contribution is 0.0820. The van der Waals surface area contributed by atoms with Crippen molar-refractivity contribution in [3.8, 4) is 6.07 Å². The Morgan fingerprint density at radius 1 is 1.53 bits per heavy atom. The van der Waals surface area contributed by atoms with Gasteiger partial charge in [0.2, 0.25) is 0 Å². The molecule has 1 aromatic heterocycles. The highest BCUT2D eigenvalue weighted by Crippen LogP contribution is 2.38. The number of amides is 1. The van der Waals surface area contributed by atoms with Crippen LogP contribution in [0.15, 0.2) is 0 Å². The van der Waals surface area contributed by atoms with Gasteiger partial charge in [-0.1, -0.05) is 0 Å². The second kappa shape index (κ2) is 5.47. The number of rotatable bonds is 3. The molecule has 1 aromatic rings. The van der Waals surface area contributed by atoms with Crippen LogP contribution in [0.2, 0.25) is 0 Å². The quantitative estimate of drug-likeness (QED) is 0.856. The molecule has 7 heteroatoms. The molecular weight excluding hydrogens is 264 g/mol. The Labute approximate surface area is 115 Å². The van der Waals surface area contributed by atoms with Gasteiger partial charge in [0.05, 0.1) is 17.4 Å². The number of carbonyl (C=O) groups excluding carboxylic acids is 1. The minimum absolute atomic E-state index is 0.198. The number of nitrogen functional groups attached to an aromatic ring is 1. The summed E-state index contributed by atoms with van der Waals surface area (Å²) in [6.45, 7) is 1.53. The summed E-state index contributed by atoms with van der Waals surface area (Å²) < 4.78 is 5.31. The highest BCUT2D eigenvalue weighted by molar-refractivity contribution is 7.17. The second-order valence-corrected chi connectivity index (χ2v) is 5.42. The van der Waals surface area contributed by atoms with E-state index < -0.39 is 5.91 Å². The van der Waals surface area contributed by atoms with Crippen molar-refractivity contribution < 1.29 is 9.53 Å². The van der Waals surface area contributed by atoms with Crippen molar-refractivity contribution in [2.75, 3.05) is 30.8 Å². The first-order valence-electron chi connectivity index (χ1n) is 5.98. The number of nitrogens with two attached hydrogens (primary N) is 2. The molecule has 0 bridgehead atoms. The van der Waals surface area contributed by atoms with Crippen LogP contribution in [0, 0.1) is 11.3 Å². The summed E-state index contributed by atoms with van der Waals surface area (Å²) in [5.41, 5.74) is 11.7. The zero-order valence-electron chi connectivity index (χ0n) is 10.7. The fraction of sp³-hybridized carbons (Fsp3) is 0.500. The van der Waals surface area contributed by atoms with E-state index in [-0.39, 0.29) is 17.4 Å². The molecule has 0 spiro atoms. The predicted octanol–water partition coefficient (Wildman–Crippen LogP) is 0.916. The van der Waals surface area contributed by atoms with E-state index in [1.54, 1.807) is 7.11 Å². The third-order valence-electron chi connectivity index (χ3n) is 3.34. The largest absolute Gasteiger partial charge is 0.396 e. The fourth-order valence-electron chi connectivity index (χ4n) is 2.27. The van der Waals surface area contributed by atoms with Crippen LogP contribution in [0.4, 0.5) is 10.7 Å². The molecule has 0 atom stereocenters. The van der Waals surface area contributed by atoms with Crippen LogP contribution >= 0.6 is 11.3 Å². The summed E-state index contributed by atoms with van der Waals surface area (Å²) in [4.78, 5) is 13.9. The van der Waals surface area contributed by atoms with E-state index in [0.29, 0.717) is 9.88 Å². The van der Waals surface area contributed by atoms with Crippen LogP contribution < -0.4 is 16.4 Å². The molecule has 4 N–H and O–H groups in total. The van der Waals surface area contributed by atoms with Gasteiger partial charge in [0.25, 0.3) is 5.91 Å². The fourth-order valence-corrected chi connectivity index (χ4v) is 3.35. The van der Waals surface area contributed by atoms with Crippen LogP contribution in [-0.4, -0.2) is 32.2 Å². The van der Waals surface area contributed by atoms with Gasteiger partial charge >= 0.3 is 0 Å². The number of thiophene rings is 1. The highest BCUT2D eigenvalue weighted by Gasteiger charge is 2.27. The number of nitriles is 1. The predicted molar refractivity (Wildman–Crippen MR) is 74.2 cm³/mol. The third kappa shape index (κ3) is 2.50. The first kappa shape index (κ1) is 13.6. The first-order valence-corrected chi connectivity index (χ1v) is 6.80. The van der Waals surface area contributed by atoms with E-state index in [2.05, 4.69) is 4.90 Å². The normalized spacial score (nSPS) is 16.3. The number of hydrogen-bond acceptors (Lipinski definition) is 6. The van der Waals surface area contributed by atoms with E-state index in [0.717, 1.165) is 25.9 Å². The molecule has 0 saturated carbocycles. The molecule has 19 heavy (non-hydrogen) atoms. The maximum absolute atomic E-state index is 11.5. The van der Waals surface area contributed by atoms with Crippen molar-refractivity contribution in [2.24, 2.45) is 5.73 Å². The molecule has 2 rings (SSSR count). The van der Waals surface area contributed by atoms with Gasteiger partial charge in [0, 0.05) is 20.2 Å². The van der Waals surface area contributed by atoms with Gasteiger partial charge in [0.1, 0.15) is 15.9 Å². The van der Waals surface area contributed by atoms with Crippen molar-refractivity contribution >= 4 is 27.9 Å².